The molecule has 0 aromatic heterocycles. The Morgan fingerprint density at radius 2 is 2.05 bits per heavy atom. The van der Waals surface area contributed by atoms with Crippen molar-refractivity contribution in [2.24, 2.45) is 5.73 Å². The molecule has 1 atom stereocenters. The van der Waals surface area contributed by atoms with Crippen molar-refractivity contribution in [3.63, 3.8) is 0 Å². The summed E-state index contributed by atoms with van der Waals surface area (Å²) >= 11 is 0. The van der Waals surface area contributed by atoms with Crippen molar-refractivity contribution in [3.8, 4) is 11.5 Å². The molecule has 2 aliphatic heterocycles. The molecular weight excluding hydrogens is 246 g/mol. The number of nitrogens with two attached hydrogens (primary N) is 1. The second-order valence-corrected chi connectivity index (χ2v) is 4.85. The van der Waals surface area contributed by atoms with Gasteiger partial charge in [-0.1, -0.05) is 0 Å². The van der Waals surface area contributed by atoms with Gasteiger partial charge in [-0.2, -0.15) is 0 Å². The Kier molecular flexibility index (Phi) is 3.56. The summed E-state index contributed by atoms with van der Waals surface area (Å²) in [4.78, 5) is 8.01. The number of hydrogen-bond donors (Lipinski definition) is 2. The van der Waals surface area contributed by atoms with Crippen LogP contribution in [0.4, 0.5) is 0 Å². The molecule has 2 heterocycles. The molecule has 1 saturated heterocycles. The number of hydroxylamine groups is 2. The zero-order valence-corrected chi connectivity index (χ0v) is 10.8. The number of fused-ring (bicyclic) bond motifs is 1. The molecule has 6 heteroatoms. The molecule has 1 unspecified atom stereocenters. The van der Waals surface area contributed by atoms with Crippen LogP contribution in [0.25, 0.3) is 0 Å². The van der Waals surface area contributed by atoms with Crippen LogP contribution < -0.4 is 10.6 Å². The zero-order chi connectivity index (χ0) is 13.2. The number of phenols is 1. The first-order valence-electron chi connectivity index (χ1n) is 6.57. The Labute approximate surface area is 112 Å². The molecule has 0 spiro atoms. The van der Waals surface area contributed by atoms with Gasteiger partial charge in [0.05, 0.1) is 13.2 Å². The van der Waals surface area contributed by atoms with Gasteiger partial charge in [-0.25, -0.2) is 0 Å². The van der Waals surface area contributed by atoms with Gasteiger partial charge >= 0.3 is 0 Å². The van der Waals surface area contributed by atoms with Crippen molar-refractivity contribution < 1.29 is 14.7 Å². The molecule has 0 saturated carbocycles. The van der Waals surface area contributed by atoms with Gasteiger partial charge in [0.2, 0.25) is 0 Å². The molecule has 3 N–H and O–H groups in total. The smallest absolute Gasteiger partial charge is 0.157 e. The summed E-state index contributed by atoms with van der Waals surface area (Å²) in [5.74, 6) is 0.843. The summed E-state index contributed by atoms with van der Waals surface area (Å²) in [6, 6.07) is 5.04. The minimum Gasteiger partial charge on any atom is -0.508 e. The van der Waals surface area contributed by atoms with Crippen LogP contribution in [0.1, 0.15) is 11.7 Å². The minimum absolute atomic E-state index is 0.195. The summed E-state index contributed by atoms with van der Waals surface area (Å²) in [5.41, 5.74) is 7.05. The summed E-state index contributed by atoms with van der Waals surface area (Å²) < 4.78 is 5.32. The molecule has 1 fully saturated rings. The lowest BCUT2D eigenvalue weighted by Crippen LogP contribution is -2.43. The first-order valence-corrected chi connectivity index (χ1v) is 6.57. The largest absolute Gasteiger partial charge is 0.508 e. The Morgan fingerprint density at radius 3 is 2.84 bits per heavy atom. The second-order valence-electron chi connectivity index (χ2n) is 4.85. The average Bonchev–Trinajstić information content (AvgIpc) is 2.74. The third-order valence-electron chi connectivity index (χ3n) is 3.58. The predicted molar refractivity (Wildman–Crippen MR) is 69.6 cm³/mol. The molecule has 3 rings (SSSR count). The highest BCUT2D eigenvalue weighted by Crippen LogP contribution is 2.36. The first-order chi connectivity index (χ1) is 9.24. The van der Waals surface area contributed by atoms with E-state index in [2.05, 4.69) is 4.90 Å². The number of nitrogens with zero attached hydrogens (tertiary/aromatic N) is 2. The van der Waals surface area contributed by atoms with Crippen molar-refractivity contribution in [2.45, 2.75) is 6.17 Å². The van der Waals surface area contributed by atoms with E-state index in [1.54, 1.807) is 17.2 Å². The summed E-state index contributed by atoms with van der Waals surface area (Å²) in [5, 5.41) is 11.2. The number of morpholine rings is 1. The van der Waals surface area contributed by atoms with Crippen molar-refractivity contribution in [2.75, 3.05) is 39.4 Å². The van der Waals surface area contributed by atoms with Crippen LogP contribution in [0.3, 0.4) is 0 Å². The highest BCUT2D eigenvalue weighted by Gasteiger charge is 2.30. The SMILES string of the molecule is NC1c2ccc(O)cc2ON1CCN1CCOCC1. The van der Waals surface area contributed by atoms with Crippen molar-refractivity contribution in [3.05, 3.63) is 23.8 Å². The minimum atomic E-state index is -0.267. The fourth-order valence-corrected chi connectivity index (χ4v) is 2.43. The van der Waals surface area contributed by atoms with Gasteiger partial charge in [-0.15, -0.1) is 5.06 Å². The van der Waals surface area contributed by atoms with Crippen LogP contribution in [0.2, 0.25) is 0 Å². The Bertz CT molecular complexity index is 449. The summed E-state index contributed by atoms with van der Waals surface area (Å²) in [7, 11) is 0. The third-order valence-corrected chi connectivity index (χ3v) is 3.58. The fraction of sp³-hybridized carbons (Fsp3) is 0.538. The van der Waals surface area contributed by atoms with E-state index in [-0.39, 0.29) is 11.9 Å². The van der Waals surface area contributed by atoms with Gasteiger partial charge in [0.15, 0.2) is 5.75 Å². The van der Waals surface area contributed by atoms with Crippen LogP contribution in [-0.4, -0.2) is 54.5 Å². The molecule has 2 aliphatic rings. The van der Waals surface area contributed by atoms with Gasteiger partial charge in [0.1, 0.15) is 11.9 Å². The Balaban J connectivity index is 1.58. The summed E-state index contributed by atoms with van der Waals surface area (Å²) in [6.45, 7) is 5.13. The van der Waals surface area contributed by atoms with E-state index in [0.717, 1.165) is 45.0 Å². The molecular formula is C13H19N3O3. The monoisotopic (exact) mass is 265 g/mol. The Morgan fingerprint density at radius 1 is 1.26 bits per heavy atom. The van der Waals surface area contributed by atoms with Crippen LogP contribution in [0.5, 0.6) is 11.5 Å². The number of benzene rings is 1. The van der Waals surface area contributed by atoms with Crippen molar-refractivity contribution >= 4 is 0 Å². The van der Waals surface area contributed by atoms with E-state index in [0.29, 0.717) is 5.75 Å². The van der Waals surface area contributed by atoms with E-state index >= 15 is 0 Å². The molecule has 6 nitrogen and oxygen atoms in total. The highest BCUT2D eigenvalue weighted by molar-refractivity contribution is 5.43. The number of aromatic hydroxyl groups is 1. The fourth-order valence-electron chi connectivity index (χ4n) is 2.43. The average molecular weight is 265 g/mol. The third kappa shape index (κ3) is 2.66. The molecule has 19 heavy (non-hydrogen) atoms. The van der Waals surface area contributed by atoms with E-state index < -0.39 is 0 Å². The molecule has 0 radical (unpaired) electrons. The van der Waals surface area contributed by atoms with Crippen LogP contribution >= 0.6 is 0 Å². The number of ether oxygens (including phenoxy) is 1. The van der Waals surface area contributed by atoms with Crippen molar-refractivity contribution in [1.29, 1.82) is 0 Å². The van der Waals surface area contributed by atoms with Crippen LogP contribution in [0.15, 0.2) is 18.2 Å². The van der Waals surface area contributed by atoms with Gasteiger partial charge in [-0.3, -0.25) is 4.90 Å². The maximum absolute atomic E-state index is 9.44. The van der Waals surface area contributed by atoms with E-state index in [4.69, 9.17) is 15.3 Å². The quantitative estimate of drug-likeness (QED) is 0.818. The van der Waals surface area contributed by atoms with Crippen LogP contribution in [0, 0.1) is 0 Å². The molecule has 0 bridgehead atoms. The first kappa shape index (κ1) is 12.7. The standard InChI is InChI=1S/C13H19N3O3/c14-13-11-2-1-10(17)9-12(11)19-16(13)4-3-15-5-7-18-8-6-15/h1-2,9,13,17H,3-8,14H2. The van der Waals surface area contributed by atoms with Gasteiger partial charge in [0.25, 0.3) is 0 Å². The van der Waals surface area contributed by atoms with Gasteiger partial charge < -0.3 is 20.4 Å². The number of rotatable bonds is 3. The van der Waals surface area contributed by atoms with Gasteiger partial charge in [-0.05, 0) is 12.1 Å². The maximum atomic E-state index is 9.44. The number of hydrogen-bond acceptors (Lipinski definition) is 6. The lowest BCUT2D eigenvalue weighted by molar-refractivity contribution is -0.0787. The molecule has 1 aromatic rings. The topological polar surface area (TPSA) is 71.2 Å². The number of phenolic OH excluding ortho intramolecular Hbond substituents is 1. The maximum Gasteiger partial charge on any atom is 0.157 e. The van der Waals surface area contributed by atoms with E-state index in [1.165, 1.54) is 0 Å². The van der Waals surface area contributed by atoms with E-state index in [9.17, 15) is 5.11 Å². The second kappa shape index (κ2) is 5.34. The Hall–Kier alpha value is -1.34. The molecule has 0 amide bonds. The van der Waals surface area contributed by atoms with Crippen molar-refractivity contribution in [1.82, 2.24) is 9.96 Å². The predicted octanol–water partition coefficient (Wildman–Crippen LogP) is 0.291. The zero-order valence-electron chi connectivity index (χ0n) is 10.8. The highest BCUT2D eigenvalue weighted by atomic mass is 16.7. The van der Waals surface area contributed by atoms with Gasteiger partial charge in [0, 0.05) is 37.8 Å². The summed E-state index contributed by atoms with van der Waals surface area (Å²) in [6.07, 6.45) is -0.267. The van der Waals surface area contributed by atoms with Crippen LogP contribution in [-0.2, 0) is 4.74 Å². The molecule has 1 aromatic carbocycles. The lowest BCUT2D eigenvalue weighted by Gasteiger charge is -2.28. The lowest BCUT2D eigenvalue weighted by atomic mass is 10.1. The van der Waals surface area contributed by atoms with E-state index in [1.807, 2.05) is 6.07 Å². The molecule has 104 valence electrons. The molecule has 0 aliphatic carbocycles. The normalized spacial score (nSPS) is 24.2.